The fourth-order valence-electron chi connectivity index (χ4n) is 1.54. The summed E-state index contributed by atoms with van der Waals surface area (Å²) in [7, 11) is 0. The molecule has 1 aromatic carbocycles. The molecule has 0 unspecified atom stereocenters. The zero-order valence-corrected chi connectivity index (χ0v) is 10.1. The summed E-state index contributed by atoms with van der Waals surface area (Å²) in [5.74, 6) is 0.480. The first-order valence-electron chi connectivity index (χ1n) is 5.75. The van der Waals surface area contributed by atoms with Crippen LogP contribution in [0, 0.1) is 0 Å². The quantitative estimate of drug-likeness (QED) is 0.898. The molecule has 1 aromatic heterocycles. The van der Waals surface area contributed by atoms with E-state index in [-0.39, 0.29) is 0 Å². The van der Waals surface area contributed by atoms with Crippen LogP contribution in [0.25, 0.3) is 11.1 Å². The Bertz CT molecular complexity index is 509. The fourth-order valence-corrected chi connectivity index (χ4v) is 1.54. The molecule has 1 N–H and O–H groups in total. The average molecular weight is 242 g/mol. The van der Waals surface area contributed by atoms with E-state index in [9.17, 15) is 4.79 Å². The van der Waals surface area contributed by atoms with E-state index in [0.717, 1.165) is 11.1 Å². The van der Waals surface area contributed by atoms with Gasteiger partial charge in [0.2, 0.25) is 0 Å². The van der Waals surface area contributed by atoms with Gasteiger partial charge >= 0.3 is 6.09 Å². The Morgan fingerprint density at radius 1 is 1.17 bits per heavy atom. The van der Waals surface area contributed by atoms with Crippen LogP contribution in [0.2, 0.25) is 0 Å². The second-order valence-corrected chi connectivity index (χ2v) is 3.64. The van der Waals surface area contributed by atoms with Crippen molar-refractivity contribution in [2.45, 2.75) is 6.92 Å². The number of carbonyl (C=O) groups excluding carboxylic acids is 1. The Balaban J connectivity index is 2.09. The van der Waals surface area contributed by atoms with Gasteiger partial charge in [0.1, 0.15) is 5.82 Å². The highest BCUT2D eigenvalue weighted by molar-refractivity contribution is 5.83. The molecule has 0 saturated carbocycles. The second kappa shape index (κ2) is 5.82. The number of carbonyl (C=O) groups is 1. The molecule has 0 bridgehead atoms. The average Bonchev–Trinajstić information content (AvgIpc) is 2.41. The van der Waals surface area contributed by atoms with E-state index in [1.807, 2.05) is 36.4 Å². The van der Waals surface area contributed by atoms with Gasteiger partial charge in [-0.3, -0.25) is 5.32 Å². The Labute approximate surface area is 106 Å². The van der Waals surface area contributed by atoms with Crippen molar-refractivity contribution in [1.29, 1.82) is 0 Å². The first-order valence-corrected chi connectivity index (χ1v) is 5.75. The predicted molar refractivity (Wildman–Crippen MR) is 70.3 cm³/mol. The predicted octanol–water partition coefficient (Wildman–Crippen LogP) is 3.32. The molecule has 2 rings (SSSR count). The largest absolute Gasteiger partial charge is 0.450 e. The van der Waals surface area contributed by atoms with Gasteiger partial charge in [0.05, 0.1) is 6.61 Å². The van der Waals surface area contributed by atoms with Crippen LogP contribution in [-0.2, 0) is 4.74 Å². The number of benzene rings is 1. The molecule has 0 saturated heterocycles. The van der Waals surface area contributed by atoms with Gasteiger partial charge in [-0.1, -0.05) is 30.3 Å². The molecule has 0 aliphatic heterocycles. The number of hydrogen-bond donors (Lipinski definition) is 1. The zero-order chi connectivity index (χ0) is 12.8. The monoisotopic (exact) mass is 242 g/mol. The molecule has 0 spiro atoms. The van der Waals surface area contributed by atoms with Crippen molar-refractivity contribution >= 4 is 11.9 Å². The summed E-state index contributed by atoms with van der Waals surface area (Å²) in [5, 5.41) is 2.55. The topological polar surface area (TPSA) is 51.2 Å². The minimum atomic E-state index is -0.488. The third-order valence-electron chi connectivity index (χ3n) is 2.38. The van der Waals surface area contributed by atoms with Gasteiger partial charge in [-0.05, 0) is 24.6 Å². The molecule has 0 atom stereocenters. The summed E-state index contributed by atoms with van der Waals surface area (Å²) in [6.45, 7) is 2.10. The van der Waals surface area contributed by atoms with Gasteiger partial charge in [0, 0.05) is 11.8 Å². The fraction of sp³-hybridized carbons (Fsp3) is 0.143. The number of nitrogens with one attached hydrogen (secondary N) is 1. The highest BCUT2D eigenvalue weighted by atomic mass is 16.5. The molecule has 0 fully saturated rings. The Hall–Kier alpha value is -2.36. The lowest BCUT2D eigenvalue weighted by atomic mass is 10.1. The molecular formula is C14H14N2O2. The van der Waals surface area contributed by atoms with Crippen molar-refractivity contribution in [1.82, 2.24) is 4.98 Å². The maximum absolute atomic E-state index is 11.2. The first kappa shape index (κ1) is 12.1. The number of amides is 1. The number of rotatable bonds is 3. The number of ether oxygens (including phenoxy) is 1. The van der Waals surface area contributed by atoms with Crippen LogP contribution >= 0.6 is 0 Å². The highest BCUT2D eigenvalue weighted by Crippen LogP contribution is 2.18. The molecule has 18 heavy (non-hydrogen) atoms. The molecule has 0 aliphatic carbocycles. The lowest BCUT2D eigenvalue weighted by Crippen LogP contribution is -2.14. The summed E-state index contributed by atoms with van der Waals surface area (Å²) in [6, 6.07) is 13.6. The van der Waals surface area contributed by atoms with E-state index in [2.05, 4.69) is 10.3 Å². The maximum Gasteiger partial charge on any atom is 0.412 e. The molecular weight excluding hydrogens is 228 g/mol. The van der Waals surface area contributed by atoms with Crippen LogP contribution in [0.5, 0.6) is 0 Å². The second-order valence-electron chi connectivity index (χ2n) is 3.64. The third-order valence-corrected chi connectivity index (χ3v) is 2.38. The summed E-state index contributed by atoms with van der Waals surface area (Å²) >= 11 is 0. The summed E-state index contributed by atoms with van der Waals surface area (Å²) in [6.07, 6.45) is 1.23. The van der Waals surface area contributed by atoms with Gasteiger partial charge in [-0.15, -0.1) is 0 Å². The summed E-state index contributed by atoms with van der Waals surface area (Å²) in [4.78, 5) is 15.4. The minimum Gasteiger partial charge on any atom is -0.450 e. The first-order chi connectivity index (χ1) is 8.79. The molecule has 92 valence electrons. The van der Waals surface area contributed by atoms with E-state index >= 15 is 0 Å². The van der Waals surface area contributed by atoms with Crippen molar-refractivity contribution in [3.05, 3.63) is 48.7 Å². The van der Waals surface area contributed by atoms with Crippen LogP contribution in [0.3, 0.4) is 0 Å². The van der Waals surface area contributed by atoms with Crippen molar-refractivity contribution < 1.29 is 9.53 Å². The molecule has 2 aromatic rings. The zero-order valence-electron chi connectivity index (χ0n) is 10.1. The van der Waals surface area contributed by atoms with Gasteiger partial charge in [0.15, 0.2) is 0 Å². The maximum atomic E-state index is 11.2. The van der Waals surface area contributed by atoms with Crippen LogP contribution in [-0.4, -0.2) is 17.7 Å². The Morgan fingerprint density at radius 3 is 2.56 bits per heavy atom. The van der Waals surface area contributed by atoms with E-state index < -0.39 is 6.09 Å². The van der Waals surface area contributed by atoms with Crippen molar-refractivity contribution in [2.75, 3.05) is 11.9 Å². The number of nitrogens with zero attached hydrogens (tertiary/aromatic N) is 1. The number of pyridine rings is 1. The third kappa shape index (κ3) is 3.07. The lowest BCUT2D eigenvalue weighted by Gasteiger charge is -2.05. The van der Waals surface area contributed by atoms with Crippen LogP contribution in [0.4, 0.5) is 10.6 Å². The molecule has 4 nitrogen and oxygen atoms in total. The summed E-state index contributed by atoms with van der Waals surface area (Å²) in [5.41, 5.74) is 2.10. The lowest BCUT2D eigenvalue weighted by molar-refractivity contribution is 0.168. The molecule has 1 heterocycles. The Kier molecular flexibility index (Phi) is 3.91. The van der Waals surface area contributed by atoms with E-state index in [1.54, 1.807) is 19.2 Å². The highest BCUT2D eigenvalue weighted by Gasteiger charge is 2.03. The standard InChI is InChI=1S/C14H14N2O2/c1-2-18-14(17)16-13-9-8-12(10-15-13)11-6-4-3-5-7-11/h3-10H,2H2,1H3,(H,15,16,17). The normalized spacial score (nSPS) is 9.83. The van der Waals surface area contributed by atoms with Crippen LogP contribution < -0.4 is 5.32 Å². The number of aromatic nitrogens is 1. The van der Waals surface area contributed by atoms with Crippen molar-refractivity contribution in [2.24, 2.45) is 0 Å². The van der Waals surface area contributed by atoms with E-state index in [0.29, 0.717) is 12.4 Å². The van der Waals surface area contributed by atoms with Gasteiger partial charge in [-0.25, -0.2) is 9.78 Å². The molecule has 0 aliphatic rings. The SMILES string of the molecule is CCOC(=O)Nc1ccc(-c2ccccc2)cn1. The van der Waals surface area contributed by atoms with E-state index in [1.165, 1.54) is 0 Å². The molecule has 4 heteroatoms. The summed E-state index contributed by atoms with van der Waals surface area (Å²) < 4.78 is 4.77. The van der Waals surface area contributed by atoms with Gasteiger partial charge < -0.3 is 4.74 Å². The van der Waals surface area contributed by atoms with Crippen molar-refractivity contribution in [3.8, 4) is 11.1 Å². The van der Waals surface area contributed by atoms with Crippen LogP contribution in [0.15, 0.2) is 48.7 Å². The number of hydrogen-bond acceptors (Lipinski definition) is 3. The molecule has 1 amide bonds. The van der Waals surface area contributed by atoms with Gasteiger partial charge in [0.25, 0.3) is 0 Å². The van der Waals surface area contributed by atoms with Crippen molar-refractivity contribution in [3.63, 3.8) is 0 Å². The van der Waals surface area contributed by atoms with Crippen LogP contribution in [0.1, 0.15) is 6.92 Å². The van der Waals surface area contributed by atoms with Gasteiger partial charge in [-0.2, -0.15) is 0 Å². The smallest absolute Gasteiger partial charge is 0.412 e. The number of anilines is 1. The van der Waals surface area contributed by atoms with E-state index in [4.69, 9.17) is 4.74 Å². The molecule has 0 radical (unpaired) electrons. The Morgan fingerprint density at radius 2 is 1.94 bits per heavy atom. The minimum absolute atomic E-state index is 0.341.